The molecular formula is C24H24N8OS. The first-order valence-electron chi connectivity index (χ1n) is 11.3. The largest absolute Gasteiger partial charge is 0.379 e. The van der Waals surface area contributed by atoms with Gasteiger partial charge >= 0.3 is 0 Å². The molecule has 34 heavy (non-hydrogen) atoms. The second-order valence-corrected chi connectivity index (χ2v) is 9.39. The van der Waals surface area contributed by atoms with Crippen LogP contribution in [0, 0.1) is 6.92 Å². The van der Waals surface area contributed by atoms with Crippen LogP contribution < -0.4 is 0 Å². The Kier molecular flexibility index (Phi) is 5.69. The Hall–Kier alpha value is -3.34. The normalized spacial score (nSPS) is 14.9. The first-order valence-corrected chi connectivity index (χ1v) is 12.1. The smallest absolute Gasteiger partial charge is 0.217 e. The molecule has 10 heteroatoms. The molecule has 0 spiro atoms. The van der Waals surface area contributed by atoms with Gasteiger partial charge in [-0.1, -0.05) is 0 Å². The van der Waals surface area contributed by atoms with Crippen molar-refractivity contribution >= 4 is 28.3 Å². The summed E-state index contributed by atoms with van der Waals surface area (Å²) in [4.78, 5) is 8.15. The summed E-state index contributed by atoms with van der Waals surface area (Å²) in [5, 5.41) is 19.4. The lowest BCUT2D eigenvalue weighted by Crippen LogP contribution is -2.38. The van der Waals surface area contributed by atoms with Crippen LogP contribution in [0.1, 0.15) is 5.69 Å². The van der Waals surface area contributed by atoms with Gasteiger partial charge in [0.15, 0.2) is 5.65 Å². The third-order valence-corrected chi connectivity index (χ3v) is 6.87. The van der Waals surface area contributed by atoms with Crippen LogP contribution in [0.5, 0.6) is 0 Å². The molecule has 5 heterocycles. The molecule has 0 atom stereocenters. The van der Waals surface area contributed by atoms with Crippen molar-refractivity contribution in [3.63, 3.8) is 0 Å². The molecule has 1 fully saturated rings. The number of ether oxygens (including phenoxy) is 1. The first-order chi connectivity index (χ1) is 16.7. The van der Waals surface area contributed by atoms with Crippen LogP contribution >= 0.6 is 11.8 Å². The van der Waals surface area contributed by atoms with Crippen molar-refractivity contribution in [2.75, 3.05) is 32.8 Å². The number of morpholine rings is 1. The Morgan fingerprint density at radius 1 is 0.971 bits per heavy atom. The SMILES string of the molecule is Cc1ccc2nnc(Sc3ccc4ncc(-c5cnn(CCN6CCOCC6)c5)cc4c3)n2n1. The molecule has 0 aliphatic carbocycles. The molecule has 0 saturated carbocycles. The topological polar surface area (TPSA) is 86.3 Å². The van der Waals surface area contributed by atoms with Gasteiger partial charge < -0.3 is 4.74 Å². The number of rotatable bonds is 6. The zero-order chi connectivity index (χ0) is 22.9. The molecule has 0 bridgehead atoms. The molecule has 0 N–H and O–H groups in total. The predicted octanol–water partition coefficient (Wildman–Crippen LogP) is 3.33. The van der Waals surface area contributed by atoms with Crippen LogP contribution in [0.4, 0.5) is 0 Å². The summed E-state index contributed by atoms with van der Waals surface area (Å²) in [5.41, 5.74) is 4.73. The number of pyridine rings is 1. The van der Waals surface area contributed by atoms with Gasteiger partial charge in [-0.05, 0) is 55.1 Å². The van der Waals surface area contributed by atoms with E-state index in [-0.39, 0.29) is 0 Å². The van der Waals surface area contributed by atoms with E-state index in [1.807, 2.05) is 42.2 Å². The number of aryl methyl sites for hydroxylation is 1. The van der Waals surface area contributed by atoms with E-state index in [2.05, 4.69) is 54.7 Å². The van der Waals surface area contributed by atoms with Gasteiger partial charge in [0.25, 0.3) is 0 Å². The maximum absolute atomic E-state index is 5.43. The fourth-order valence-electron chi connectivity index (χ4n) is 4.06. The molecule has 0 amide bonds. The number of hydrogen-bond acceptors (Lipinski definition) is 8. The van der Waals surface area contributed by atoms with Crippen LogP contribution in [0.25, 0.3) is 27.7 Å². The Bertz CT molecular complexity index is 1460. The second kappa shape index (κ2) is 9.13. The van der Waals surface area contributed by atoms with Crippen molar-refractivity contribution in [3.05, 3.63) is 60.7 Å². The lowest BCUT2D eigenvalue weighted by atomic mass is 10.1. The molecule has 9 nitrogen and oxygen atoms in total. The van der Waals surface area contributed by atoms with Gasteiger partial charge in [-0.25, -0.2) is 0 Å². The highest BCUT2D eigenvalue weighted by Crippen LogP contribution is 2.30. The number of nitrogens with zero attached hydrogens (tertiary/aromatic N) is 8. The van der Waals surface area contributed by atoms with Crippen LogP contribution in [-0.4, -0.2) is 72.3 Å². The van der Waals surface area contributed by atoms with Gasteiger partial charge in [0, 0.05) is 53.4 Å². The monoisotopic (exact) mass is 472 g/mol. The summed E-state index contributed by atoms with van der Waals surface area (Å²) in [5.74, 6) is 0. The minimum absolute atomic E-state index is 0.739. The predicted molar refractivity (Wildman–Crippen MR) is 130 cm³/mol. The molecule has 1 aliphatic heterocycles. The van der Waals surface area contributed by atoms with Crippen molar-refractivity contribution in [1.82, 2.24) is 39.5 Å². The van der Waals surface area contributed by atoms with Crippen molar-refractivity contribution < 1.29 is 4.74 Å². The van der Waals surface area contributed by atoms with Crippen LogP contribution in [0.2, 0.25) is 0 Å². The summed E-state index contributed by atoms with van der Waals surface area (Å²) in [6, 6.07) is 12.3. The highest BCUT2D eigenvalue weighted by atomic mass is 32.2. The Morgan fingerprint density at radius 3 is 2.79 bits per heavy atom. The number of benzene rings is 1. The molecule has 1 aromatic carbocycles. The summed E-state index contributed by atoms with van der Waals surface area (Å²) in [6.07, 6.45) is 5.92. The summed E-state index contributed by atoms with van der Waals surface area (Å²) < 4.78 is 9.21. The maximum atomic E-state index is 5.43. The molecule has 5 aromatic rings. The lowest BCUT2D eigenvalue weighted by molar-refractivity contribution is 0.0360. The second-order valence-electron chi connectivity index (χ2n) is 8.35. The summed E-state index contributed by atoms with van der Waals surface area (Å²) >= 11 is 1.54. The quantitative estimate of drug-likeness (QED) is 0.372. The van der Waals surface area contributed by atoms with E-state index in [0.29, 0.717) is 0 Å². The minimum Gasteiger partial charge on any atom is -0.379 e. The van der Waals surface area contributed by atoms with Gasteiger partial charge in [-0.15, -0.1) is 10.2 Å². The van der Waals surface area contributed by atoms with Crippen molar-refractivity contribution in [2.24, 2.45) is 0 Å². The zero-order valence-corrected chi connectivity index (χ0v) is 19.6. The van der Waals surface area contributed by atoms with E-state index in [1.165, 1.54) is 0 Å². The van der Waals surface area contributed by atoms with Gasteiger partial charge in [0.05, 0.1) is 37.2 Å². The highest BCUT2D eigenvalue weighted by Gasteiger charge is 2.12. The molecular weight excluding hydrogens is 448 g/mol. The first kappa shape index (κ1) is 21.2. The third kappa shape index (κ3) is 4.39. The molecule has 0 radical (unpaired) electrons. The Labute approximate surface area is 200 Å². The van der Waals surface area contributed by atoms with Gasteiger partial charge in [0.2, 0.25) is 5.16 Å². The van der Waals surface area contributed by atoms with Crippen molar-refractivity contribution in [2.45, 2.75) is 23.5 Å². The standard InChI is InChI=1S/C24H24N8OS/c1-17-2-5-23-27-28-24(32(23)29-17)34-21-3-4-22-18(13-21)12-19(14-25-22)20-15-26-31(16-20)7-6-30-8-10-33-11-9-30/h2-5,12-16H,6-11H2,1H3. The van der Waals surface area contributed by atoms with Gasteiger partial charge in [0.1, 0.15) is 0 Å². The fraction of sp³-hybridized carbons (Fsp3) is 0.292. The molecule has 1 aliphatic rings. The molecule has 172 valence electrons. The summed E-state index contributed by atoms with van der Waals surface area (Å²) in [7, 11) is 0. The lowest BCUT2D eigenvalue weighted by Gasteiger charge is -2.26. The highest BCUT2D eigenvalue weighted by molar-refractivity contribution is 7.99. The maximum Gasteiger partial charge on any atom is 0.217 e. The van der Waals surface area contributed by atoms with E-state index >= 15 is 0 Å². The van der Waals surface area contributed by atoms with Crippen LogP contribution in [0.3, 0.4) is 0 Å². The van der Waals surface area contributed by atoms with E-state index in [1.54, 1.807) is 16.3 Å². The average molecular weight is 473 g/mol. The summed E-state index contributed by atoms with van der Waals surface area (Å²) in [6.45, 7) is 7.41. The van der Waals surface area contributed by atoms with Crippen molar-refractivity contribution in [1.29, 1.82) is 0 Å². The fourth-order valence-corrected chi connectivity index (χ4v) is 4.90. The van der Waals surface area contributed by atoms with E-state index < -0.39 is 0 Å². The minimum atomic E-state index is 0.739. The number of hydrogen-bond donors (Lipinski definition) is 0. The third-order valence-electron chi connectivity index (χ3n) is 5.95. The van der Waals surface area contributed by atoms with Crippen LogP contribution in [-0.2, 0) is 11.3 Å². The average Bonchev–Trinajstić information content (AvgIpc) is 3.50. The van der Waals surface area contributed by atoms with Gasteiger partial charge in [-0.2, -0.15) is 14.7 Å². The van der Waals surface area contributed by atoms with Gasteiger partial charge in [-0.3, -0.25) is 14.6 Å². The Balaban J connectivity index is 1.22. The zero-order valence-electron chi connectivity index (χ0n) is 18.8. The van der Waals surface area contributed by atoms with E-state index in [0.717, 1.165) is 82.8 Å². The molecule has 0 unspecified atom stereocenters. The Morgan fingerprint density at radius 2 is 1.88 bits per heavy atom. The number of aromatic nitrogens is 7. The van der Waals surface area contributed by atoms with Crippen molar-refractivity contribution in [3.8, 4) is 11.1 Å². The van der Waals surface area contributed by atoms with E-state index in [4.69, 9.17) is 4.74 Å². The molecule has 6 rings (SSSR count). The van der Waals surface area contributed by atoms with Crippen LogP contribution in [0.15, 0.2) is 65.0 Å². The number of fused-ring (bicyclic) bond motifs is 2. The molecule has 1 saturated heterocycles. The van der Waals surface area contributed by atoms with E-state index in [9.17, 15) is 0 Å². The molecule has 4 aromatic heterocycles.